The largest absolute Gasteiger partial charge is 0.381 e. The molecule has 0 aromatic carbocycles. The summed E-state index contributed by atoms with van der Waals surface area (Å²) in [6.07, 6.45) is 0.692. The number of nitrogens with one attached hydrogen (secondary N) is 1. The van der Waals surface area contributed by atoms with Crippen LogP contribution in [0.2, 0.25) is 0 Å². The van der Waals surface area contributed by atoms with Crippen LogP contribution in [0.1, 0.15) is 20.3 Å². The van der Waals surface area contributed by atoms with Crippen molar-refractivity contribution in [1.29, 1.82) is 0 Å². The Morgan fingerprint density at radius 2 is 2.24 bits per heavy atom. The first-order chi connectivity index (χ1) is 8.02. The fourth-order valence-corrected chi connectivity index (χ4v) is 3.30. The van der Waals surface area contributed by atoms with Crippen LogP contribution in [0.15, 0.2) is 21.7 Å². The fourth-order valence-electron chi connectivity index (χ4n) is 1.19. The lowest BCUT2D eigenvalue weighted by molar-refractivity contribution is 0.108. The molecule has 98 valence electrons. The van der Waals surface area contributed by atoms with E-state index in [0.717, 1.165) is 6.61 Å². The van der Waals surface area contributed by atoms with Crippen molar-refractivity contribution in [1.82, 2.24) is 4.72 Å². The van der Waals surface area contributed by atoms with Gasteiger partial charge in [0.25, 0.3) is 0 Å². The van der Waals surface area contributed by atoms with Gasteiger partial charge in [0.1, 0.15) is 4.21 Å². The molecular formula is C11H19NO3S2. The monoisotopic (exact) mass is 277 g/mol. The van der Waals surface area contributed by atoms with Gasteiger partial charge in [0.15, 0.2) is 0 Å². The molecule has 0 bridgehead atoms. The summed E-state index contributed by atoms with van der Waals surface area (Å²) in [5.41, 5.74) is 0. The first kappa shape index (κ1) is 14.6. The van der Waals surface area contributed by atoms with Gasteiger partial charge < -0.3 is 4.74 Å². The van der Waals surface area contributed by atoms with Crippen LogP contribution in [0, 0.1) is 5.92 Å². The van der Waals surface area contributed by atoms with Crippen LogP contribution < -0.4 is 4.72 Å². The summed E-state index contributed by atoms with van der Waals surface area (Å²) in [4.78, 5) is 0. The van der Waals surface area contributed by atoms with E-state index < -0.39 is 10.0 Å². The Kier molecular flexibility index (Phi) is 6.11. The van der Waals surface area contributed by atoms with Crippen molar-refractivity contribution in [2.45, 2.75) is 24.5 Å². The number of rotatable bonds is 8. The summed E-state index contributed by atoms with van der Waals surface area (Å²) in [6, 6.07) is 3.33. The zero-order valence-electron chi connectivity index (χ0n) is 10.2. The number of thiophene rings is 1. The van der Waals surface area contributed by atoms with E-state index in [-0.39, 0.29) is 0 Å². The summed E-state index contributed by atoms with van der Waals surface area (Å²) >= 11 is 1.22. The van der Waals surface area contributed by atoms with Crippen LogP contribution in [0.5, 0.6) is 0 Å². The minimum Gasteiger partial charge on any atom is -0.381 e. The number of hydrogen-bond acceptors (Lipinski definition) is 4. The highest BCUT2D eigenvalue weighted by atomic mass is 32.2. The van der Waals surface area contributed by atoms with E-state index >= 15 is 0 Å². The predicted octanol–water partition coefficient (Wildman–Crippen LogP) is 2.09. The van der Waals surface area contributed by atoms with Gasteiger partial charge in [0.2, 0.25) is 10.0 Å². The topological polar surface area (TPSA) is 55.4 Å². The number of hydrogen-bond donors (Lipinski definition) is 1. The molecule has 1 N–H and O–H groups in total. The quantitative estimate of drug-likeness (QED) is 0.740. The van der Waals surface area contributed by atoms with Gasteiger partial charge in [-0.1, -0.05) is 19.9 Å². The zero-order chi connectivity index (χ0) is 12.7. The van der Waals surface area contributed by atoms with Crippen molar-refractivity contribution in [2.75, 3.05) is 19.8 Å². The number of sulfonamides is 1. The van der Waals surface area contributed by atoms with Gasteiger partial charge in [-0.3, -0.25) is 0 Å². The lowest BCUT2D eigenvalue weighted by atomic mass is 10.2. The maximum Gasteiger partial charge on any atom is 0.250 e. The van der Waals surface area contributed by atoms with Gasteiger partial charge in [-0.15, -0.1) is 11.3 Å². The third kappa shape index (κ3) is 5.63. The van der Waals surface area contributed by atoms with Gasteiger partial charge in [0, 0.05) is 19.8 Å². The van der Waals surface area contributed by atoms with Crippen LogP contribution in [-0.2, 0) is 14.8 Å². The Hall–Kier alpha value is -0.430. The zero-order valence-corrected chi connectivity index (χ0v) is 11.8. The summed E-state index contributed by atoms with van der Waals surface area (Å²) in [7, 11) is -3.31. The second kappa shape index (κ2) is 7.10. The molecule has 0 aliphatic carbocycles. The first-order valence-electron chi connectivity index (χ1n) is 5.63. The molecule has 1 aromatic heterocycles. The molecule has 1 aromatic rings. The Morgan fingerprint density at radius 3 is 2.82 bits per heavy atom. The molecule has 0 spiro atoms. The third-order valence-corrected chi connectivity index (χ3v) is 4.83. The highest BCUT2D eigenvalue weighted by Gasteiger charge is 2.13. The molecule has 6 heteroatoms. The van der Waals surface area contributed by atoms with Crippen molar-refractivity contribution in [2.24, 2.45) is 5.92 Å². The predicted molar refractivity (Wildman–Crippen MR) is 69.8 cm³/mol. The van der Waals surface area contributed by atoms with Gasteiger partial charge >= 0.3 is 0 Å². The minimum absolute atomic E-state index is 0.362. The molecule has 1 heterocycles. The van der Waals surface area contributed by atoms with Gasteiger partial charge in [-0.25, -0.2) is 13.1 Å². The molecule has 0 saturated carbocycles. The maximum absolute atomic E-state index is 11.7. The lowest BCUT2D eigenvalue weighted by Crippen LogP contribution is -2.25. The van der Waals surface area contributed by atoms with E-state index in [2.05, 4.69) is 18.6 Å². The van der Waals surface area contributed by atoms with Crippen molar-refractivity contribution in [3.63, 3.8) is 0 Å². The SMILES string of the molecule is CC(C)COCCCNS(=O)(=O)c1cccs1. The van der Waals surface area contributed by atoms with Crippen LogP contribution in [0.3, 0.4) is 0 Å². The van der Waals surface area contributed by atoms with Gasteiger partial charge in [0.05, 0.1) is 0 Å². The molecule has 0 aliphatic heterocycles. The average Bonchev–Trinajstić information content (AvgIpc) is 2.76. The third-order valence-electron chi connectivity index (χ3n) is 1.97. The van der Waals surface area contributed by atoms with Crippen molar-refractivity contribution >= 4 is 21.4 Å². The van der Waals surface area contributed by atoms with Gasteiger partial charge in [-0.2, -0.15) is 0 Å². The smallest absolute Gasteiger partial charge is 0.250 e. The molecule has 0 fully saturated rings. The Morgan fingerprint density at radius 1 is 1.47 bits per heavy atom. The molecule has 1 rings (SSSR count). The summed E-state index contributed by atoms with van der Waals surface area (Å²) in [5.74, 6) is 0.512. The Labute approximate surface area is 107 Å². The summed E-state index contributed by atoms with van der Waals surface area (Å²) in [5, 5.41) is 1.75. The molecule has 0 radical (unpaired) electrons. The molecule has 0 unspecified atom stereocenters. The van der Waals surface area contributed by atoms with Crippen LogP contribution in [0.4, 0.5) is 0 Å². The second-order valence-electron chi connectivity index (χ2n) is 4.15. The van der Waals surface area contributed by atoms with Crippen molar-refractivity contribution in [3.05, 3.63) is 17.5 Å². The molecular weight excluding hydrogens is 258 g/mol. The minimum atomic E-state index is -3.31. The lowest BCUT2D eigenvalue weighted by Gasteiger charge is -2.07. The molecule has 0 aliphatic rings. The molecule has 17 heavy (non-hydrogen) atoms. The van der Waals surface area contributed by atoms with Crippen LogP contribution >= 0.6 is 11.3 Å². The standard InChI is InChI=1S/C11H19NO3S2/c1-10(2)9-15-7-4-6-12-17(13,14)11-5-3-8-16-11/h3,5,8,10,12H,4,6-7,9H2,1-2H3. The van der Waals surface area contributed by atoms with Crippen LogP contribution in [-0.4, -0.2) is 28.2 Å². The second-order valence-corrected chi connectivity index (χ2v) is 7.09. The van der Waals surface area contributed by atoms with E-state index in [1.807, 2.05) is 0 Å². The molecule has 0 saturated heterocycles. The first-order valence-corrected chi connectivity index (χ1v) is 7.99. The Balaban J connectivity index is 2.19. The summed E-state index contributed by atoms with van der Waals surface area (Å²) in [6.45, 7) is 5.89. The van der Waals surface area contributed by atoms with E-state index in [1.165, 1.54) is 11.3 Å². The highest BCUT2D eigenvalue weighted by Crippen LogP contribution is 2.14. The maximum atomic E-state index is 11.7. The fraction of sp³-hybridized carbons (Fsp3) is 0.636. The van der Waals surface area contributed by atoms with E-state index in [9.17, 15) is 8.42 Å². The van der Waals surface area contributed by atoms with Crippen molar-refractivity contribution < 1.29 is 13.2 Å². The normalized spacial score (nSPS) is 12.2. The average molecular weight is 277 g/mol. The van der Waals surface area contributed by atoms with Crippen LogP contribution in [0.25, 0.3) is 0 Å². The van der Waals surface area contributed by atoms with E-state index in [0.29, 0.717) is 29.7 Å². The van der Waals surface area contributed by atoms with Gasteiger partial charge in [-0.05, 0) is 23.8 Å². The Bertz CT molecular complexity index is 398. The highest BCUT2D eigenvalue weighted by molar-refractivity contribution is 7.91. The molecule has 0 atom stereocenters. The number of ether oxygens (including phenoxy) is 1. The summed E-state index contributed by atoms with van der Waals surface area (Å²) < 4.78 is 31.7. The van der Waals surface area contributed by atoms with E-state index in [1.54, 1.807) is 17.5 Å². The molecule has 0 amide bonds. The molecule has 4 nitrogen and oxygen atoms in total. The van der Waals surface area contributed by atoms with E-state index in [4.69, 9.17) is 4.74 Å². The van der Waals surface area contributed by atoms with Crippen molar-refractivity contribution in [3.8, 4) is 0 Å².